The number of nitrogens with zero attached hydrogens (tertiary/aromatic N) is 1. The first-order valence-corrected chi connectivity index (χ1v) is 6.26. The first-order valence-electron chi connectivity index (χ1n) is 6.26. The van der Waals surface area contributed by atoms with Crippen LogP contribution < -0.4 is 11.4 Å². The second-order valence-electron chi connectivity index (χ2n) is 4.47. The molecule has 20 heavy (non-hydrogen) atoms. The molecule has 2 N–H and O–H groups in total. The minimum atomic E-state index is -0.433. The lowest BCUT2D eigenvalue weighted by atomic mass is 10.00. The van der Waals surface area contributed by atoms with Crippen LogP contribution in [0.5, 0.6) is 0 Å². The highest BCUT2D eigenvalue weighted by atomic mass is 16.2. The van der Waals surface area contributed by atoms with Crippen molar-refractivity contribution in [3.05, 3.63) is 81.1 Å². The Morgan fingerprint density at radius 2 is 1.40 bits per heavy atom. The minimum absolute atomic E-state index is 0.239. The van der Waals surface area contributed by atoms with Gasteiger partial charge < -0.3 is 0 Å². The summed E-state index contributed by atoms with van der Waals surface area (Å²) in [5.41, 5.74) is 2.13. The van der Waals surface area contributed by atoms with Gasteiger partial charge in [0.25, 0.3) is 0 Å². The molecule has 5 nitrogen and oxygen atoms in total. The van der Waals surface area contributed by atoms with Crippen molar-refractivity contribution in [2.24, 2.45) is 0 Å². The molecule has 0 saturated carbocycles. The van der Waals surface area contributed by atoms with Gasteiger partial charge in [0.05, 0.1) is 6.54 Å². The first-order chi connectivity index (χ1) is 9.75. The third-order valence-corrected chi connectivity index (χ3v) is 3.20. The Kier molecular flexibility index (Phi) is 3.09. The molecule has 0 aliphatic heterocycles. The summed E-state index contributed by atoms with van der Waals surface area (Å²) >= 11 is 0. The van der Waals surface area contributed by atoms with E-state index in [1.54, 1.807) is 0 Å². The molecule has 0 saturated heterocycles. The normalized spacial score (nSPS) is 10.6. The number of aromatic amines is 2. The fraction of sp³-hybridized carbons (Fsp3) is 0.0667. The summed E-state index contributed by atoms with van der Waals surface area (Å²) in [4.78, 5) is 23.1. The molecule has 3 rings (SSSR count). The summed E-state index contributed by atoms with van der Waals surface area (Å²) in [6.45, 7) is 0.239. The fourth-order valence-corrected chi connectivity index (χ4v) is 2.21. The van der Waals surface area contributed by atoms with Crippen LogP contribution in [0.25, 0.3) is 11.1 Å². The van der Waals surface area contributed by atoms with Gasteiger partial charge in [0.2, 0.25) is 0 Å². The lowest BCUT2D eigenvalue weighted by Crippen LogP contribution is -2.27. The van der Waals surface area contributed by atoms with Crippen molar-refractivity contribution in [3.8, 4) is 11.1 Å². The number of H-pyrrole nitrogens is 2. The van der Waals surface area contributed by atoms with E-state index in [4.69, 9.17) is 0 Å². The van der Waals surface area contributed by atoms with E-state index in [0.29, 0.717) is 0 Å². The van der Waals surface area contributed by atoms with Crippen LogP contribution in [-0.4, -0.2) is 14.8 Å². The molecule has 0 amide bonds. The lowest BCUT2D eigenvalue weighted by Gasteiger charge is -2.09. The molecule has 0 radical (unpaired) electrons. The van der Waals surface area contributed by atoms with Gasteiger partial charge in [-0.1, -0.05) is 54.6 Å². The molecule has 2 aromatic carbocycles. The maximum atomic E-state index is 11.6. The van der Waals surface area contributed by atoms with Crippen LogP contribution in [0.15, 0.2) is 64.2 Å². The number of rotatable bonds is 3. The van der Waals surface area contributed by atoms with Gasteiger partial charge >= 0.3 is 11.4 Å². The van der Waals surface area contributed by atoms with Gasteiger partial charge in [0, 0.05) is 0 Å². The van der Waals surface area contributed by atoms with Gasteiger partial charge in [-0.2, -0.15) is 0 Å². The zero-order chi connectivity index (χ0) is 13.9. The average molecular weight is 267 g/mol. The van der Waals surface area contributed by atoms with E-state index in [1.165, 1.54) is 0 Å². The van der Waals surface area contributed by atoms with E-state index in [0.717, 1.165) is 21.3 Å². The maximum Gasteiger partial charge on any atom is 0.344 e. The SMILES string of the molecule is O=c1[nH][nH]c(=O)n1Cc1ccccc1-c1ccccc1. The molecular formula is C15H13N3O2. The van der Waals surface area contributed by atoms with E-state index >= 15 is 0 Å². The predicted molar refractivity (Wildman–Crippen MR) is 76.7 cm³/mol. The summed E-state index contributed by atoms with van der Waals surface area (Å²) in [5, 5.41) is 4.57. The number of benzene rings is 2. The molecule has 0 atom stereocenters. The van der Waals surface area contributed by atoms with E-state index in [2.05, 4.69) is 10.2 Å². The van der Waals surface area contributed by atoms with Gasteiger partial charge in [0.1, 0.15) is 0 Å². The van der Waals surface area contributed by atoms with Crippen LogP contribution in [0.3, 0.4) is 0 Å². The van der Waals surface area contributed by atoms with Gasteiger partial charge in [-0.05, 0) is 16.7 Å². The van der Waals surface area contributed by atoms with E-state index in [-0.39, 0.29) is 6.54 Å². The summed E-state index contributed by atoms with van der Waals surface area (Å²) in [7, 11) is 0. The molecule has 3 aromatic rings. The predicted octanol–water partition coefficient (Wildman–Crippen LogP) is 1.58. The molecule has 0 aliphatic carbocycles. The Hall–Kier alpha value is -2.82. The highest BCUT2D eigenvalue weighted by molar-refractivity contribution is 5.67. The quantitative estimate of drug-likeness (QED) is 0.756. The monoisotopic (exact) mass is 267 g/mol. The standard InChI is InChI=1S/C15H13N3O2/c19-14-16-17-15(20)18(14)10-12-8-4-5-9-13(12)11-6-2-1-3-7-11/h1-9H,10H2,(H,16,19)(H,17,20). The van der Waals surface area contributed by atoms with Gasteiger partial charge in [0.15, 0.2) is 0 Å². The van der Waals surface area contributed by atoms with E-state index < -0.39 is 11.4 Å². The second-order valence-corrected chi connectivity index (χ2v) is 4.47. The summed E-state index contributed by atoms with van der Waals surface area (Å²) in [6.07, 6.45) is 0. The molecule has 0 aliphatic rings. The minimum Gasteiger partial charge on any atom is -0.247 e. The van der Waals surface area contributed by atoms with Gasteiger partial charge in [-0.15, -0.1) is 0 Å². The zero-order valence-electron chi connectivity index (χ0n) is 10.7. The highest BCUT2D eigenvalue weighted by Crippen LogP contribution is 2.23. The number of hydrogen-bond donors (Lipinski definition) is 2. The number of aromatic nitrogens is 3. The van der Waals surface area contributed by atoms with Crippen molar-refractivity contribution in [3.63, 3.8) is 0 Å². The van der Waals surface area contributed by atoms with Crippen molar-refractivity contribution >= 4 is 0 Å². The van der Waals surface area contributed by atoms with Crippen molar-refractivity contribution in [1.82, 2.24) is 14.8 Å². The largest absolute Gasteiger partial charge is 0.344 e. The molecule has 0 bridgehead atoms. The first kappa shape index (κ1) is 12.2. The Balaban J connectivity index is 2.08. The third kappa shape index (κ3) is 2.21. The zero-order valence-corrected chi connectivity index (χ0v) is 10.7. The van der Waals surface area contributed by atoms with E-state index in [9.17, 15) is 9.59 Å². The lowest BCUT2D eigenvalue weighted by molar-refractivity contribution is 0.734. The topological polar surface area (TPSA) is 70.7 Å². The highest BCUT2D eigenvalue weighted by Gasteiger charge is 2.08. The smallest absolute Gasteiger partial charge is 0.247 e. The molecule has 0 spiro atoms. The van der Waals surface area contributed by atoms with Crippen LogP contribution in [0.4, 0.5) is 0 Å². The van der Waals surface area contributed by atoms with Crippen LogP contribution in [0, 0.1) is 0 Å². The summed E-state index contributed by atoms with van der Waals surface area (Å²) in [6, 6.07) is 17.6. The second kappa shape index (κ2) is 5.05. The molecular weight excluding hydrogens is 254 g/mol. The van der Waals surface area contributed by atoms with Crippen molar-refractivity contribution in [2.75, 3.05) is 0 Å². The van der Waals surface area contributed by atoms with Gasteiger partial charge in [-0.3, -0.25) is 0 Å². The van der Waals surface area contributed by atoms with E-state index in [1.807, 2.05) is 54.6 Å². The third-order valence-electron chi connectivity index (χ3n) is 3.20. The van der Waals surface area contributed by atoms with Crippen LogP contribution in [0.2, 0.25) is 0 Å². The Morgan fingerprint density at radius 3 is 2.10 bits per heavy atom. The maximum absolute atomic E-state index is 11.6. The number of hydrogen-bond acceptors (Lipinski definition) is 2. The average Bonchev–Trinajstić information content (AvgIpc) is 2.81. The molecule has 100 valence electrons. The summed E-state index contributed by atoms with van der Waals surface area (Å²) < 4.78 is 1.14. The molecule has 0 unspecified atom stereocenters. The molecule has 1 aromatic heterocycles. The molecule has 5 heteroatoms. The van der Waals surface area contributed by atoms with Crippen LogP contribution >= 0.6 is 0 Å². The number of nitrogens with one attached hydrogen (secondary N) is 2. The van der Waals surface area contributed by atoms with Crippen molar-refractivity contribution in [2.45, 2.75) is 6.54 Å². The molecule has 1 heterocycles. The van der Waals surface area contributed by atoms with Crippen molar-refractivity contribution < 1.29 is 0 Å². The fourth-order valence-electron chi connectivity index (χ4n) is 2.21. The Labute approximate surface area is 114 Å². The Bertz CT molecular complexity index is 800. The Morgan fingerprint density at radius 1 is 0.800 bits per heavy atom. The van der Waals surface area contributed by atoms with Crippen LogP contribution in [-0.2, 0) is 6.54 Å². The van der Waals surface area contributed by atoms with Crippen LogP contribution in [0.1, 0.15) is 5.56 Å². The summed E-state index contributed by atoms with van der Waals surface area (Å²) in [5.74, 6) is 0. The van der Waals surface area contributed by atoms with Gasteiger partial charge in [-0.25, -0.2) is 24.4 Å². The molecule has 0 fully saturated rings. The van der Waals surface area contributed by atoms with Crippen molar-refractivity contribution in [1.29, 1.82) is 0 Å².